The first-order chi connectivity index (χ1) is 9.19. The largest absolute Gasteiger partial charge is 0.485 e. The first kappa shape index (κ1) is 16.9. The normalized spacial score (nSPS) is 13.3. The Labute approximate surface area is 119 Å². The van der Waals surface area contributed by atoms with E-state index in [4.69, 9.17) is 15.2 Å². The molecule has 0 heterocycles. The molecule has 0 radical (unpaired) electrons. The van der Waals surface area contributed by atoms with Crippen molar-refractivity contribution in [2.24, 2.45) is 5.73 Å². The number of ether oxygens (including phenoxy) is 2. The second-order valence-corrected chi connectivity index (χ2v) is 5.88. The molecule has 5 heteroatoms. The second kappa shape index (κ2) is 6.99. The Morgan fingerprint density at radius 3 is 2.15 bits per heavy atom. The van der Waals surface area contributed by atoms with Crippen molar-refractivity contribution in [1.29, 1.82) is 0 Å². The number of nitrogens with two attached hydrogens (primary N) is 1. The van der Waals surface area contributed by atoms with E-state index in [1.54, 1.807) is 6.92 Å². The topological polar surface area (TPSA) is 44.5 Å². The second-order valence-electron chi connectivity index (χ2n) is 5.88. The van der Waals surface area contributed by atoms with E-state index in [1.807, 2.05) is 20.8 Å². The summed E-state index contributed by atoms with van der Waals surface area (Å²) in [5.41, 5.74) is 5.83. The van der Waals surface area contributed by atoms with E-state index in [-0.39, 0.29) is 30.6 Å². The zero-order valence-electron chi connectivity index (χ0n) is 12.5. The van der Waals surface area contributed by atoms with Gasteiger partial charge in [0, 0.05) is 6.04 Å². The molecule has 0 aliphatic carbocycles. The van der Waals surface area contributed by atoms with Gasteiger partial charge in [0.05, 0.1) is 12.2 Å². The Kier molecular flexibility index (Phi) is 5.89. The maximum absolute atomic E-state index is 13.8. The molecule has 3 nitrogen and oxygen atoms in total. The summed E-state index contributed by atoms with van der Waals surface area (Å²) in [5.74, 6) is -1.79. The molecule has 0 spiro atoms. The van der Waals surface area contributed by atoms with Crippen LogP contribution in [0.4, 0.5) is 8.78 Å². The molecule has 0 aromatic heterocycles. The van der Waals surface area contributed by atoms with Crippen LogP contribution in [0.15, 0.2) is 12.1 Å². The van der Waals surface area contributed by atoms with Crippen LogP contribution < -0.4 is 10.5 Å². The predicted octanol–water partition coefficient (Wildman–Crippen LogP) is 3.05. The lowest BCUT2D eigenvalue weighted by Gasteiger charge is -2.19. The summed E-state index contributed by atoms with van der Waals surface area (Å²) in [5, 5.41) is 0. The fourth-order valence-corrected chi connectivity index (χ4v) is 1.73. The summed E-state index contributed by atoms with van der Waals surface area (Å²) in [7, 11) is 0. The van der Waals surface area contributed by atoms with E-state index < -0.39 is 11.6 Å². The molecule has 0 aliphatic heterocycles. The zero-order chi connectivity index (χ0) is 15.3. The maximum Gasteiger partial charge on any atom is 0.190 e. The molecular formula is C15H23F2NO2. The average molecular weight is 287 g/mol. The van der Waals surface area contributed by atoms with E-state index in [1.165, 1.54) is 12.1 Å². The van der Waals surface area contributed by atoms with Gasteiger partial charge in [-0.05, 0) is 51.8 Å². The molecule has 20 heavy (non-hydrogen) atoms. The molecule has 0 bridgehead atoms. The van der Waals surface area contributed by atoms with Gasteiger partial charge in [0.2, 0.25) is 0 Å². The quantitative estimate of drug-likeness (QED) is 0.818. The van der Waals surface area contributed by atoms with Crippen LogP contribution in [0.5, 0.6) is 5.75 Å². The molecule has 1 aromatic rings. The average Bonchev–Trinajstić information content (AvgIpc) is 2.24. The lowest BCUT2D eigenvalue weighted by atomic mass is 10.1. The highest BCUT2D eigenvalue weighted by Crippen LogP contribution is 2.24. The highest BCUT2D eigenvalue weighted by Gasteiger charge is 2.14. The summed E-state index contributed by atoms with van der Waals surface area (Å²) >= 11 is 0. The number of hydrogen-bond acceptors (Lipinski definition) is 3. The van der Waals surface area contributed by atoms with Gasteiger partial charge in [-0.1, -0.05) is 0 Å². The van der Waals surface area contributed by atoms with Gasteiger partial charge in [-0.3, -0.25) is 0 Å². The van der Waals surface area contributed by atoms with Crippen LogP contribution in [0, 0.1) is 11.6 Å². The highest BCUT2D eigenvalue weighted by molar-refractivity contribution is 5.31. The van der Waals surface area contributed by atoms with Crippen LogP contribution in [-0.4, -0.2) is 24.9 Å². The third-order valence-corrected chi connectivity index (χ3v) is 2.48. The zero-order valence-corrected chi connectivity index (χ0v) is 12.5. The molecule has 0 saturated heterocycles. The molecule has 0 saturated carbocycles. The molecule has 1 rings (SSSR count). The standard InChI is InChI=1S/C15H23F2NO2/c1-10(18)7-11-8-12(16)14(13(17)9-11)19-5-6-20-15(2,3)4/h8-10H,5-7,18H2,1-4H3. The van der Waals surface area contributed by atoms with Gasteiger partial charge in [0.15, 0.2) is 17.4 Å². The maximum atomic E-state index is 13.8. The SMILES string of the molecule is CC(N)Cc1cc(F)c(OCCOC(C)(C)C)c(F)c1. The van der Waals surface area contributed by atoms with Crippen molar-refractivity contribution in [2.75, 3.05) is 13.2 Å². The van der Waals surface area contributed by atoms with Gasteiger partial charge in [-0.25, -0.2) is 8.78 Å². The Morgan fingerprint density at radius 1 is 1.15 bits per heavy atom. The van der Waals surface area contributed by atoms with Gasteiger partial charge < -0.3 is 15.2 Å². The van der Waals surface area contributed by atoms with E-state index in [0.717, 1.165) is 0 Å². The van der Waals surface area contributed by atoms with Crippen LogP contribution in [-0.2, 0) is 11.2 Å². The minimum Gasteiger partial charge on any atom is -0.485 e. The minimum atomic E-state index is -0.712. The lowest BCUT2D eigenvalue weighted by Crippen LogP contribution is -2.22. The van der Waals surface area contributed by atoms with Crippen LogP contribution in [0.3, 0.4) is 0 Å². The van der Waals surface area contributed by atoms with Gasteiger partial charge >= 0.3 is 0 Å². The van der Waals surface area contributed by atoms with Crippen molar-refractivity contribution in [1.82, 2.24) is 0 Å². The number of hydrogen-bond donors (Lipinski definition) is 1. The van der Waals surface area contributed by atoms with E-state index in [9.17, 15) is 8.78 Å². The summed E-state index contributed by atoms with van der Waals surface area (Å²) in [6.45, 7) is 7.84. The number of halogens is 2. The third-order valence-electron chi connectivity index (χ3n) is 2.48. The van der Waals surface area contributed by atoms with Gasteiger partial charge in [0.1, 0.15) is 6.61 Å². The highest BCUT2D eigenvalue weighted by atomic mass is 19.1. The molecule has 0 fully saturated rings. The molecule has 1 atom stereocenters. The first-order valence-corrected chi connectivity index (χ1v) is 6.69. The van der Waals surface area contributed by atoms with Gasteiger partial charge in [-0.15, -0.1) is 0 Å². The van der Waals surface area contributed by atoms with Gasteiger partial charge in [-0.2, -0.15) is 0 Å². The number of benzene rings is 1. The number of rotatable bonds is 6. The van der Waals surface area contributed by atoms with Crippen molar-refractivity contribution in [3.05, 3.63) is 29.3 Å². The van der Waals surface area contributed by atoms with E-state index >= 15 is 0 Å². The Morgan fingerprint density at radius 2 is 1.70 bits per heavy atom. The Bertz CT molecular complexity index is 419. The molecule has 2 N–H and O–H groups in total. The summed E-state index contributed by atoms with van der Waals surface area (Å²) < 4.78 is 38.1. The van der Waals surface area contributed by atoms with Crippen molar-refractivity contribution in [2.45, 2.75) is 45.8 Å². The van der Waals surface area contributed by atoms with Crippen LogP contribution >= 0.6 is 0 Å². The first-order valence-electron chi connectivity index (χ1n) is 6.69. The molecule has 1 unspecified atom stereocenters. The van der Waals surface area contributed by atoms with E-state index in [0.29, 0.717) is 12.0 Å². The van der Waals surface area contributed by atoms with Crippen LogP contribution in [0.25, 0.3) is 0 Å². The molecule has 114 valence electrons. The van der Waals surface area contributed by atoms with Crippen LogP contribution in [0.2, 0.25) is 0 Å². The Hall–Kier alpha value is -1.20. The minimum absolute atomic E-state index is 0.0950. The fourth-order valence-electron chi connectivity index (χ4n) is 1.73. The van der Waals surface area contributed by atoms with Crippen LogP contribution in [0.1, 0.15) is 33.3 Å². The third kappa shape index (κ3) is 5.84. The Balaban J connectivity index is 2.62. The summed E-state index contributed by atoms with van der Waals surface area (Å²) in [4.78, 5) is 0. The fraction of sp³-hybridized carbons (Fsp3) is 0.600. The molecular weight excluding hydrogens is 264 g/mol. The molecule has 1 aromatic carbocycles. The van der Waals surface area contributed by atoms with Crippen molar-refractivity contribution in [3.8, 4) is 5.75 Å². The molecule has 0 amide bonds. The van der Waals surface area contributed by atoms with Crippen molar-refractivity contribution >= 4 is 0 Å². The van der Waals surface area contributed by atoms with E-state index in [2.05, 4.69) is 0 Å². The van der Waals surface area contributed by atoms with Crippen molar-refractivity contribution in [3.63, 3.8) is 0 Å². The smallest absolute Gasteiger partial charge is 0.190 e. The summed E-state index contributed by atoms with van der Waals surface area (Å²) in [6, 6.07) is 2.36. The predicted molar refractivity (Wildman–Crippen MR) is 74.9 cm³/mol. The lowest BCUT2D eigenvalue weighted by molar-refractivity contribution is -0.0170. The van der Waals surface area contributed by atoms with Gasteiger partial charge in [0.25, 0.3) is 0 Å². The van der Waals surface area contributed by atoms with Crippen molar-refractivity contribution < 1.29 is 18.3 Å². The summed E-state index contributed by atoms with van der Waals surface area (Å²) in [6.07, 6.45) is 0.418. The monoisotopic (exact) mass is 287 g/mol. The molecule has 0 aliphatic rings.